The molecule has 2 atom stereocenters. The van der Waals surface area contributed by atoms with Crippen LogP contribution in [0.25, 0.3) is 10.9 Å². The first-order chi connectivity index (χ1) is 11.8. The van der Waals surface area contributed by atoms with Crippen LogP contribution in [0.15, 0.2) is 48.5 Å². The van der Waals surface area contributed by atoms with Crippen LogP contribution in [0.5, 0.6) is 5.75 Å². The molecule has 0 saturated heterocycles. The fourth-order valence-corrected chi connectivity index (χ4v) is 3.40. The number of rotatable bonds is 2. The van der Waals surface area contributed by atoms with Crippen LogP contribution in [-0.2, 0) is 6.18 Å². The molecule has 0 aliphatic heterocycles. The number of hydrogen-bond donors (Lipinski definition) is 1. The van der Waals surface area contributed by atoms with Crippen LogP contribution in [0.1, 0.15) is 35.1 Å². The second-order valence-electron chi connectivity index (χ2n) is 6.27. The minimum Gasteiger partial charge on any atom is -0.506 e. The number of hydrogen-bond acceptors (Lipinski definition) is 2. The maximum atomic E-state index is 13.2. The van der Waals surface area contributed by atoms with Crippen LogP contribution in [0.4, 0.5) is 13.2 Å². The van der Waals surface area contributed by atoms with E-state index >= 15 is 0 Å². The van der Waals surface area contributed by atoms with Gasteiger partial charge in [-0.1, -0.05) is 35.9 Å². The van der Waals surface area contributed by atoms with E-state index in [0.29, 0.717) is 10.7 Å². The number of halogens is 4. The van der Waals surface area contributed by atoms with Gasteiger partial charge in [0.2, 0.25) is 0 Å². The van der Waals surface area contributed by atoms with Gasteiger partial charge in [0.15, 0.2) is 0 Å². The lowest BCUT2D eigenvalue weighted by atomic mass is 10.0. The van der Waals surface area contributed by atoms with Gasteiger partial charge >= 0.3 is 6.18 Å². The number of fused-ring (bicyclic) bond motifs is 1. The molecule has 2 unspecified atom stereocenters. The van der Waals surface area contributed by atoms with Crippen molar-refractivity contribution in [3.8, 4) is 5.75 Å². The first-order valence-electron chi connectivity index (χ1n) is 7.80. The standard InChI is InChI=1S/C19H13ClF3NO/c20-12-6-4-10(5-7-12)13-9-14(13)18-16(25)8-11-2-1-3-15(17(11)24-18)19(21,22)23/h1-8,13-14,25H,9H2. The topological polar surface area (TPSA) is 33.1 Å². The van der Waals surface area contributed by atoms with Gasteiger partial charge in [0.1, 0.15) is 5.75 Å². The molecule has 1 aliphatic carbocycles. The Hall–Kier alpha value is -2.27. The van der Waals surface area contributed by atoms with E-state index < -0.39 is 11.7 Å². The summed E-state index contributed by atoms with van der Waals surface area (Å²) in [6, 6.07) is 12.6. The number of pyridine rings is 1. The summed E-state index contributed by atoms with van der Waals surface area (Å²) in [7, 11) is 0. The maximum Gasteiger partial charge on any atom is 0.418 e. The highest BCUT2D eigenvalue weighted by molar-refractivity contribution is 6.30. The molecule has 2 nitrogen and oxygen atoms in total. The molecule has 25 heavy (non-hydrogen) atoms. The van der Waals surface area contributed by atoms with E-state index in [2.05, 4.69) is 4.98 Å². The van der Waals surface area contributed by atoms with Gasteiger partial charge in [-0.15, -0.1) is 0 Å². The van der Waals surface area contributed by atoms with E-state index in [-0.39, 0.29) is 28.5 Å². The number of alkyl halides is 3. The van der Waals surface area contributed by atoms with Crippen molar-refractivity contribution in [1.29, 1.82) is 0 Å². The van der Waals surface area contributed by atoms with Crippen molar-refractivity contribution < 1.29 is 18.3 Å². The largest absolute Gasteiger partial charge is 0.506 e. The first kappa shape index (κ1) is 16.2. The van der Waals surface area contributed by atoms with Crippen LogP contribution in [0.3, 0.4) is 0 Å². The predicted octanol–water partition coefficient (Wildman–Crippen LogP) is 5.88. The molecule has 1 heterocycles. The van der Waals surface area contributed by atoms with Crippen LogP contribution in [0, 0.1) is 0 Å². The number of nitrogens with zero attached hydrogens (tertiary/aromatic N) is 1. The Kier molecular flexibility index (Phi) is 3.65. The number of aromatic nitrogens is 1. The Labute approximate surface area is 146 Å². The minimum absolute atomic E-state index is 0.0618. The Bertz CT molecular complexity index is 953. The maximum absolute atomic E-state index is 13.2. The van der Waals surface area contributed by atoms with Gasteiger partial charge in [-0.3, -0.25) is 0 Å². The Morgan fingerprint density at radius 3 is 2.44 bits per heavy atom. The molecule has 1 saturated carbocycles. The summed E-state index contributed by atoms with van der Waals surface area (Å²) < 4.78 is 39.7. The zero-order valence-corrected chi connectivity index (χ0v) is 13.6. The van der Waals surface area contributed by atoms with Crippen molar-refractivity contribution in [2.45, 2.75) is 24.4 Å². The third-order valence-corrected chi connectivity index (χ3v) is 4.85. The monoisotopic (exact) mass is 363 g/mol. The van der Waals surface area contributed by atoms with Gasteiger partial charge in [0, 0.05) is 16.3 Å². The highest BCUT2D eigenvalue weighted by Gasteiger charge is 2.43. The Balaban J connectivity index is 1.76. The first-order valence-corrected chi connectivity index (χ1v) is 8.17. The zero-order valence-electron chi connectivity index (χ0n) is 12.9. The van der Waals surface area contributed by atoms with E-state index in [4.69, 9.17) is 11.6 Å². The molecule has 4 rings (SSSR count). The SMILES string of the molecule is Oc1cc2cccc(C(F)(F)F)c2nc1C1CC1c1ccc(Cl)cc1. The fourth-order valence-electron chi connectivity index (χ4n) is 3.28. The van der Waals surface area contributed by atoms with Gasteiger partial charge in [0.05, 0.1) is 16.8 Å². The van der Waals surface area contributed by atoms with Crippen molar-refractivity contribution in [3.05, 3.63) is 70.4 Å². The van der Waals surface area contributed by atoms with Crippen molar-refractivity contribution in [2.75, 3.05) is 0 Å². The Morgan fingerprint density at radius 1 is 1.04 bits per heavy atom. The van der Waals surface area contributed by atoms with Crippen molar-refractivity contribution >= 4 is 22.5 Å². The highest BCUT2D eigenvalue weighted by Crippen LogP contribution is 2.56. The summed E-state index contributed by atoms with van der Waals surface area (Å²) >= 11 is 5.88. The van der Waals surface area contributed by atoms with Crippen LogP contribution in [0.2, 0.25) is 5.02 Å². The van der Waals surface area contributed by atoms with E-state index in [9.17, 15) is 18.3 Å². The third kappa shape index (κ3) is 2.93. The number of aromatic hydroxyl groups is 1. The smallest absolute Gasteiger partial charge is 0.418 e. The number of benzene rings is 2. The third-order valence-electron chi connectivity index (χ3n) is 4.60. The molecule has 1 fully saturated rings. The molecular weight excluding hydrogens is 351 g/mol. The second-order valence-corrected chi connectivity index (χ2v) is 6.70. The Morgan fingerprint density at radius 2 is 1.76 bits per heavy atom. The summed E-state index contributed by atoms with van der Waals surface area (Å²) in [5.74, 6) is -0.0219. The molecule has 0 bridgehead atoms. The fraction of sp³-hybridized carbons (Fsp3) is 0.211. The normalized spacial score (nSPS) is 20.0. The molecule has 128 valence electrons. The van der Waals surface area contributed by atoms with Crippen molar-refractivity contribution in [1.82, 2.24) is 4.98 Å². The lowest BCUT2D eigenvalue weighted by molar-refractivity contribution is -0.136. The zero-order chi connectivity index (χ0) is 17.8. The summed E-state index contributed by atoms with van der Waals surface area (Å²) in [4.78, 5) is 4.20. The summed E-state index contributed by atoms with van der Waals surface area (Å²) in [6.45, 7) is 0. The highest BCUT2D eigenvalue weighted by atomic mass is 35.5. The lowest BCUT2D eigenvalue weighted by Crippen LogP contribution is -2.07. The van der Waals surface area contributed by atoms with E-state index in [1.807, 2.05) is 12.1 Å². The molecule has 6 heteroatoms. The minimum atomic E-state index is -4.49. The van der Waals surface area contributed by atoms with Gasteiger partial charge in [0.25, 0.3) is 0 Å². The molecule has 2 aromatic carbocycles. The lowest BCUT2D eigenvalue weighted by Gasteiger charge is -2.12. The van der Waals surface area contributed by atoms with Gasteiger partial charge in [-0.2, -0.15) is 13.2 Å². The molecule has 1 aromatic heterocycles. The number of para-hydroxylation sites is 1. The molecule has 0 radical (unpaired) electrons. The average molecular weight is 364 g/mol. The van der Waals surface area contributed by atoms with Crippen LogP contribution < -0.4 is 0 Å². The summed E-state index contributed by atoms with van der Waals surface area (Å²) in [5, 5.41) is 11.2. The van der Waals surface area contributed by atoms with Crippen LogP contribution in [-0.4, -0.2) is 10.1 Å². The van der Waals surface area contributed by atoms with Crippen LogP contribution >= 0.6 is 11.6 Å². The second kappa shape index (κ2) is 5.63. The molecule has 1 N–H and O–H groups in total. The molecule has 3 aromatic rings. The van der Waals surface area contributed by atoms with Gasteiger partial charge < -0.3 is 5.11 Å². The average Bonchev–Trinajstić information content (AvgIpc) is 3.33. The van der Waals surface area contributed by atoms with Crippen molar-refractivity contribution in [3.63, 3.8) is 0 Å². The van der Waals surface area contributed by atoms with E-state index in [1.54, 1.807) is 12.1 Å². The quantitative estimate of drug-likeness (QED) is 0.616. The van der Waals surface area contributed by atoms with Gasteiger partial charge in [-0.05, 0) is 42.2 Å². The molecular formula is C19H13ClF3NO. The van der Waals surface area contributed by atoms with Crippen molar-refractivity contribution in [2.24, 2.45) is 0 Å². The summed E-state index contributed by atoms with van der Waals surface area (Å²) in [6.07, 6.45) is -3.75. The van der Waals surface area contributed by atoms with Gasteiger partial charge in [-0.25, -0.2) is 4.98 Å². The summed E-state index contributed by atoms with van der Waals surface area (Å²) in [5.41, 5.74) is 0.462. The van der Waals surface area contributed by atoms with E-state index in [0.717, 1.165) is 18.1 Å². The van der Waals surface area contributed by atoms with E-state index in [1.165, 1.54) is 18.2 Å². The molecule has 1 aliphatic rings. The predicted molar refractivity (Wildman–Crippen MR) is 90.0 cm³/mol. The molecule has 0 amide bonds. The molecule has 0 spiro atoms.